The van der Waals surface area contributed by atoms with Gasteiger partial charge in [-0.15, -0.1) is 0 Å². The van der Waals surface area contributed by atoms with Gasteiger partial charge in [0, 0.05) is 17.3 Å². The number of nitrogens with zero attached hydrogens (tertiary/aromatic N) is 1. The second-order valence-corrected chi connectivity index (χ2v) is 4.65. The van der Waals surface area contributed by atoms with E-state index in [1.807, 2.05) is 0 Å². The molecule has 0 radical (unpaired) electrons. The third kappa shape index (κ3) is 2.97. The van der Waals surface area contributed by atoms with Crippen molar-refractivity contribution < 1.29 is 15.0 Å². The Morgan fingerprint density at radius 1 is 1.32 bits per heavy atom. The summed E-state index contributed by atoms with van der Waals surface area (Å²) in [6, 6.07) is 6.54. The van der Waals surface area contributed by atoms with Crippen LogP contribution in [-0.4, -0.2) is 21.2 Å². The maximum absolute atomic E-state index is 10.6. The van der Waals surface area contributed by atoms with Crippen molar-refractivity contribution >= 4 is 29.2 Å². The number of benzene rings is 1. The van der Waals surface area contributed by atoms with Crippen molar-refractivity contribution in [3.63, 3.8) is 0 Å². The Morgan fingerprint density at radius 2 is 2.05 bits per heavy atom. The van der Waals surface area contributed by atoms with Gasteiger partial charge >= 0.3 is 5.97 Å². The van der Waals surface area contributed by atoms with Gasteiger partial charge in [-0.1, -0.05) is 35.3 Å². The summed E-state index contributed by atoms with van der Waals surface area (Å²) < 4.78 is 0. The zero-order chi connectivity index (χ0) is 14.0. The highest BCUT2D eigenvalue weighted by Crippen LogP contribution is 2.34. The van der Waals surface area contributed by atoms with Gasteiger partial charge in [-0.3, -0.25) is 9.78 Å². The fourth-order valence-corrected chi connectivity index (χ4v) is 2.04. The van der Waals surface area contributed by atoms with E-state index in [1.165, 1.54) is 12.3 Å². The largest absolute Gasteiger partial charge is 0.506 e. The normalized spacial score (nSPS) is 10.4. The number of carboxylic acid groups (broad SMARTS) is 1. The van der Waals surface area contributed by atoms with Gasteiger partial charge in [0.15, 0.2) is 0 Å². The molecule has 19 heavy (non-hydrogen) atoms. The Labute approximate surface area is 119 Å². The van der Waals surface area contributed by atoms with E-state index in [9.17, 15) is 9.90 Å². The third-order valence-corrected chi connectivity index (χ3v) is 3.35. The SMILES string of the molecule is O=C(O)Cc1ncc(-c2cccc(Cl)c2Cl)cc1O. The topological polar surface area (TPSA) is 70.4 Å². The standard InChI is InChI=1S/C13H9Cl2NO3/c14-9-3-1-2-8(13(9)15)7-4-11(17)10(16-6-7)5-12(18)19/h1-4,6,17H,5H2,(H,18,19). The number of pyridine rings is 1. The number of carbonyl (C=O) groups is 1. The summed E-state index contributed by atoms with van der Waals surface area (Å²) in [4.78, 5) is 14.5. The van der Waals surface area contributed by atoms with E-state index in [-0.39, 0.29) is 17.9 Å². The molecule has 6 heteroatoms. The first-order valence-corrected chi connectivity index (χ1v) is 6.08. The van der Waals surface area contributed by atoms with Crippen molar-refractivity contribution in [2.75, 3.05) is 0 Å². The summed E-state index contributed by atoms with van der Waals surface area (Å²) >= 11 is 12.0. The molecule has 0 amide bonds. The van der Waals surface area contributed by atoms with Gasteiger partial charge in [0.25, 0.3) is 0 Å². The molecule has 0 aliphatic heterocycles. The second kappa shape index (κ2) is 5.47. The summed E-state index contributed by atoms with van der Waals surface area (Å²) in [5, 5.41) is 19.2. The molecule has 0 bridgehead atoms. The van der Waals surface area contributed by atoms with Crippen LogP contribution in [0.3, 0.4) is 0 Å². The first-order valence-electron chi connectivity index (χ1n) is 5.33. The molecular weight excluding hydrogens is 289 g/mol. The second-order valence-electron chi connectivity index (χ2n) is 3.86. The lowest BCUT2D eigenvalue weighted by atomic mass is 10.1. The predicted octanol–water partition coefficient (Wildman–Crippen LogP) is 3.39. The van der Waals surface area contributed by atoms with E-state index in [4.69, 9.17) is 28.3 Å². The summed E-state index contributed by atoms with van der Waals surface area (Å²) in [6.07, 6.45) is 1.12. The minimum Gasteiger partial charge on any atom is -0.506 e. The number of aliphatic carboxylic acids is 1. The predicted molar refractivity (Wildman–Crippen MR) is 72.7 cm³/mol. The molecule has 4 nitrogen and oxygen atoms in total. The van der Waals surface area contributed by atoms with Gasteiger partial charge in [-0.2, -0.15) is 0 Å². The van der Waals surface area contributed by atoms with Gasteiger partial charge in [0.05, 0.1) is 22.2 Å². The zero-order valence-electron chi connectivity index (χ0n) is 9.60. The molecule has 0 fully saturated rings. The average molecular weight is 298 g/mol. The number of hydrogen-bond acceptors (Lipinski definition) is 3. The molecule has 0 aliphatic carbocycles. The minimum atomic E-state index is -1.06. The van der Waals surface area contributed by atoms with Crippen LogP contribution in [0.4, 0.5) is 0 Å². The van der Waals surface area contributed by atoms with Crippen LogP contribution in [0.15, 0.2) is 30.5 Å². The molecule has 0 atom stereocenters. The molecule has 0 spiro atoms. The van der Waals surface area contributed by atoms with E-state index in [0.717, 1.165) is 0 Å². The molecule has 1 heterocycles. The van der Waals surface area contributed by atoms with Crippen molar-refractivity contribution in [3.8, 4) is 16.9 Å². The van der Waals surface area contributed by atoms with Crippen molar-refractivity contribution in [3.05, 3.63) is 46.2 Å². The lowest BCUT2D eigenvalue weighted by molar-refractivity contribution is -0.136. The minimum absolute atomic E-state index is 0.106. The lowest BCUT2D eigenvalue weighted by Crippen LogP contribution is -2.02. The van der Waals surface area contributed by atoms with Crippen molar-refractivity contribution in [1.82, 2.24) is 4.98 Å². The Hall–Kier alpha value is -1.78. The Morgan fingerprint density at radius 3 is 2.68 bits per heavy atom. The van der Waals surface area contributed by atoms with Gasteiger partial charge in [0.2, 0.25) is 0 Å². The molecule has 0 saturated heterocycles. The highest BCUT2D eigenvalue weighted by molar-refractivity contribution is 6.43. The lowest BCUT2D eigenvalue weighted by Gasteiger charge is -2.08. The molecule has 0 unspecified atom stereocenters. The van der Waals surface area contributed by atoms with Crippen LogP contribution in [0, 0.1) is 0 Å². The summed E-state index contributed by atoms with van der Waals surface area (Å²) in [6.45, 7) is 0. The number of halogens is 2. The zero-order valence-corrected chi connectivity index (χ0v) is 11.1. The van der Waals surface area contributed by atoms with Gasteiger partial charge < -0.3 is 10.2 Å². The molecule has 0 aliphatic rings. The summed E-state index contributed by atoms with van der Waals surface area (Å²) in [5.41, 5.74) is 1.30. The van der Waals surface area contributed by atoms with E-state index in [0.29, 0.717) is 21.2 Å². The molecule has 2 rings (SSSR count). The fraction of sp³-hybridized carbons (Fsp3) is 0.0769. The van der Waals surface area contributed by atoms with Crippen LogP contribution in [0.5, 0.6) is 5.75 Å². The first-order chi connectivity index (χ1) is 8.99. The van der Waals surface area contributed by atoms with Crippen LogP contribution >= 0.6 is 23.2 Å². The smallest absolute Gasteiger partial charge is 0.309 e. The molecule has 0 saturated carbocycles. The van der Waals surface area contributed by atoms with Crippen LogP contribution in [0.2, 0.25) is 10.0 Å². The third-order valence-electron chi connectivity index (χ3n) is 2.53. The highest BCUT2D eigenvalue weighted by Gasteiger charge is 2.12. The van der Waals surface area contributed by atoms with E-state index in [2.05, 4.69) is 4.98 Å². The van der Waals surface area contributed by atoms with Crippen LogP contribution < -0.4 is 0 Å². The van der Waals surface area contributed by atoms with E-state index in [1.54, 1.807) is 18.2 Å². The molecule has 2 N–H and O–H groups in total. The highest BCUT2D eigenvalue weighted by atomic mass is 35.5. The molecule has 98 valence electrons. The van der Waals surface area contributed by atoms with Gasteiger partial charge in [0.1, 0.15) is 5.75 Å². The number of hydrogen-bond donors (Lipinski definition) is 2. The number of aromatic hydroxyl groups is 1. The monoisotopic (exact) mass is 297 g/mol. The number of rotatable bonds is 3. The van der Waals surface area contributed by atoms with Crippen LogP contribution in [0.1, 0.15) is 5.69 Å². The average Bonchev–Trinajstić information content (AvgIpc) is 2.35. The van der Waals surface area contributed by atoms with Crippen LogP contribution in [0.25, 0.3) is 11.1 Å². The number of carboxylic acids is 1. The quantitative estimate of drug-likeness (QED) is 0.911. The molecule has 1 aromatic carbocycles. The van der Waals surface area contributed by atoms with Crippen molar-refractivity contribution in [1.29, 1.82) is 0 Å². The first kappa shape index (κ1) is 13.6. The van der Waals surface area contributed by atoms with Crippen molar-refractivity contribution in [2.24, 2.45) is 0 Å². The maximum Gasteiger partial charge on any atom is 0.309 e. The Bertz CT molecular complexity index is 644. The van der Waals surface area contributed by atoms with Crippen LogP contribution in [-0.2, 0) is 11.2 Å². The Balaban J connectivity index is 2.44. The van der Waals surface area contributed by atoms with Crippen molar-refractivity contribution in [2.45, 2.75) is 6.42 Å². The summed E-state index contributed by atoms with van der Waals surface area (Å²) in [7, 11) is 0. The molecule has 1 aromatic heterocycles. The Kier molecular flexibility index (Phi) is 3.93. The molecular formula is C13H9Cl2NO3. The maximum atomic E-state index is 10.6. The van der Waals surface area contributed by atoms with E-state index < -0.39 is 5.97 Å². The van der Waals surface area contributed by atoms with E-state index >= 15 is 0 Å². The number of aromatic nitrogens is 1. The fourth-order valence-electron chi connectivity index (χ4n) is 1.63. The summed E-state index contributed by atoms with van der Waals surface area (Å²) in [5.74, 6) is -1.24. The van der Waals surface area contributed by atoms with Gasteiger partial charge in [-0.05, 0) is 12.1 Å². The van der Waals surface area contributed by atoms with Gasteiger partial charge in [-0.25, -0.2) is 0 Å². The molecule has 2 aromatic rings.